The van der Waals surface area contributed by atoms with Crippen LogP contribution in [0.5, 0.6) is 0 Å². The maximum absolute atomic E-state index is 10.9. The summed E-state index contributed by atoms with van der Waals surface area (Å²) in [5.74, 6) is 1.45. The van der Waals surface area contributed by atoms with Crippen molar-refractivity contribution in [3.8, 4) is 0 Å². The number of rotatable bonds is 0. The Balaban J connectivity index is 1.82. The number of allylic oxidation sites excluding steroid dienone is 2. The summed E-state index contributed by atoms with van der Waals surface area (Å²) in [6.45, 7) is 2.87. The van der Waals surface area contributed by atoms with Crippen LogP contribution in [0.3, 0.4) is 0 Å². The maximum atomic E-state index is 10.9. The van der Waals surface area contributed by atoms with E-state index in [2.05, 4.69) is 18.0 Å². The van der Waals surface area contributed by atoms with Gasteiger partial charge in [-0.1, -0.05) is 17.7 Å². The van der Waals surface area contributed by atoms with Crippen molar-refractivity contribution in [2.24, 2.45) is 11.3 Å². The van der Waals surface area contributed by atoms with Crippen molar-refractivity contribution in [1.29, 1.82) is 0 Å². The summed E-state index contributed by atoms with van der Waals surface area (Å²) in [6, 6.07) is 0.491. The molecule has 5 atom stereocenters. The van der Waals surface area contributed by atoms with E-state index in [0.29, 0.717) is 29.9 Å². The van der Waals surface area contributed by atoms with Crippen LogP contribution in [0.2, 0.25) is 0 Å². The molecule has 2 fully saturated rings. The fraction of sp³-hybridized carbons (Fsp3) is 0.667. The lowest BCUT2D eigenvalue weighted by atomic mass is 9.51. The molecule has 0 aromatic rings. The van der Waals surface area contributed by atoms with Gasteiger partial charge in [-0.25, -0.2) is 0 Å². The highest BCUT2D eigenvalue weighted by Gasteiger charge is 2.68. The number of likely N-dealkylation sites (tertiary alicyclic amines) is 1. The zero-order chi connectivity index (χ0) is 15.3. The SMILES string of the molecule is CN1CC[C@]23C4=C5CCC(O)=C4O[C@H]2[C@@](C)(O)C=C[C@H]3[C@H]1C5. The van der Waals surface area contributed by atoms with E-state index in [0.717, 1.165) is 25.8 Å². The number of aliphatic hydroxyl groups is 2. The third-order valence-electron chi connectivity index (χ3n) is 6.76. The summed E-state index contributed by atoms with van der Waals surface area (Å²) < 4.78 is 6.24. The highest BCUT2D eigenvalue weighted by atomic mass is 16.5. The predicted octanol–water partition coefficient (Wildman–Crippen LogP) is 2.28. The van der Waals surface area contributed by atoms with Gasteiger partial charge in [-0.05, 0) is 39.8 Å². The fourth-order valence-electron chi connectivity index (χ4n) is 5.81. The molecular weight excluding hydrogens is 278 g/mol. The van der Waals surface area contributed by atoms with Gasteiger partial charge in [-0.15, -0.1) is 0 Å². The molecule has 2 aliphatic heterocycles. The van der Waals surface area contributed by atoms with Crippen molar-refractivity contribution in [2.45, 2.75) is 50.4 Å². The summed E-state index contributed by atoms with van der Waals surface area (Å²) in [4.78, 5) is 2.47. The molecule has 118 valence electrons. The Morgan fingerprint density at radius 3 is 3.00 bits per heavy atom. The zero-order valence-corrected chi connectivity index (χ0v) is 13.2. The van der Waals surface area contributed by atoms with Crippen LogP contribution in [-0.2, 0) is 4.74 Å². The average molecular weight is 301 g/mol. The van der Waals surface area contributed by atoms with Gasteiger partial charge in [0, 0.05) is 29.4 Å². The molecule has 2 heterocycles. The van der Waals surface area contributed by atoms with E-state index >= 15 is 0 Å². The van der Waals surface area contributed by atoms with Crippen molar-refractivity contribution >= 4 is 0 Å². The van der Waals surface area contributed by atoms with Crippen LogP contribution in [0.25, 0.3) is 0 Å². The molecule has 2 N–H and O–H groups in total. The number of piperidine rings is 1. The van der Waals surface area contributed by atoms with Crippen LogP contribution in [0, 0.1) is 11.3 Å². The second-order valence-electron chi connectivity index (χ2n) is 7.91. The fourth-order valence-corrected chi connectivity index (χ4v) is 5.81. The van der Waals surface area contributed by atoms with Crippen LogP contribution in [-0.4, -0.2) is 46.5 Å². The molecular formula is C18H23NO3. The zero-order valence-electron chi connectivity index (χ0n) is 13.2. The minimum Gasteiger partial charge on any atom is -0.508 e. The van der Waals surface area contributed by atoms with Gasteiger partial charge in [0.2, 0.25) is 0 Å². The van der Waals surface area contributed by atoms with Gasteiger partial charge < -0.3 is 19.8 Å². The molecule has 0 saturated carbocycles. The molecule has 5 aliphatic rings. The smallest absolute Gasteiger partial charge is 0.161 e. The van der Waals surface area contributed by atoms with E-state index < -0.39 is 5.60 Å². The summed E-state index contributed by atoms with van der Waals surface area (Å²) in [6.07, 6.45) is 7.54. The largest absolute Gasteiger partial charge is 0.508 e. The summed E-state index contributed by atoms with van der Waals surface area (Å²) in [5, 5.41) is 21.3. The standard InChI is InChI=1S/C18H23NO3/c1-17(21)6-5-11-12-9-10-3-4-13(20)15-14(10)18(11,16(17)22-15)7-8-19(12)2/h5-6,11-12,16,20-21H,3-4,7-9H2,1-2H3/t11-,12+,16-,17-,18-/m0/s1. The first-order valence-corrected chi connectivity index (χ1v) is 8.39. The number of ether oxygens (including phenoxy) is 1. The lowest BCUT2D eigenvalue weighted by Crippen LogP contribution is -2.63. The minimum absolute atomic E-state index is 0.146. The summed E-state index contributed by atoms with van der Waals surface area (Å²) in [5.41, 5.74) is 1.58. The van der Waals surface area contributed by atoms with Crippen LogP contribution in [0.4, 0.5) is 0 Å². The van der Waals surface area contributed by atoms with Gasteiger partial charge in [-0.2, -0.15) is 0 Å². The third-order valence-corrected chi connectivity index (χ3v) is 6.76. The molecule has 0 radical (unpaired) electrons. The Kier molecular flexibility index (Phi) is 2.28. The van der Waals surface area contributed by atoms with Gasteiger partial charge in [0.25, 0.3) is 0 Å². The van der Waals surface area contributed by atoms with Gasteiger partial charge >= 0.3 is 0 Å². The van der Waals surface area contributed by atoms with Crippen molar-refractivity contribution in [3.05, 3.63) is 34.8 Å². The van der Waals surface area contributed by atoms with Crippen molar-refractivity contribution in [2.75, 3.05) is 13.6 Å². The molecule has 0 aromatic heterocycles. The number of hydrogen-bond donors (Lipinski definition) is 2. The molecule has 4 heteroatoms. The monoisotopic (exact) mass is 301 g/mol. The third kappa shape index (κ3) is 1.29. The first-order chi connectivity index (χ1) is 10.4. The van der Waals surface area contributed by atoms with E-state index in [4.69, 9.17) is 4.74 Å². The topological polar surface area (TPSA) is 52.9 Å². The first-order valence-electron chi connectivity index (χ1n) is 8.39. The Bertz CT molecular complexity index is 659. The quantitative estimate of drug-likeness (QED) is 0.674. The first kappa shape index (κ1) is 13.2. The maximum Gasteiger partial charge on any atom is 0.161 e. The van der Waals surface area contributed by atoms with Crippen LogP contribution < -0.4 is 0 Å². The van der Waals surface area contributed by atoms with E-state index in [-0.39, 0.29) is 11.5 Å². The Labute approximate surface area is 130 Å². The van der Waals surface area contributed by atoms with Crippen LogP contribution >= 0.6 is 0 Å². The van der Waals surface area contributed by atoms with Crippen molar-refractivity contribution in [3.63, 3.8) is 0 Å². The highest BCUT2D eigenvalue weighted by molar-refractivity contribution is 5.53. The van der Waals surface area contributed by atoms with E-state index in [1.807, 2.05) is 13.0 Å². The van der Waals surface area contributed by atoms with Crippen molar-refractivity contribution in [1.82, 2.24) is 4.90 Å². The molecule has 2 saturated heterocycles. The highest BCUT2D eigenvalue weighted by Crippen LogP contribution is 2.66. The molecule has 0 aromatic carbocycles. The number of hydrogen-bond acceptors (Lipinski definition) is 4. The average Bonchev–Trinajstić information content (AvgIpc) is 2.83. The Morgan fingerprint density at radius 2 is 2.18 bits per heavy atom. The Hall–Kier alpha value is -1.26. The Morgan fingerprint density at radius 1 is 1.36 bits per heavy atom. The minimum atomic E-state index is -0.975. The molecule has 22 heavy (non-hydrogen) atoms. The molecule has 4 nitrogen and oxygen atoms in total. The second-order valence-corrected chi connectivity index (χ2v) is 7.91. The molecule has 0 amide bonds. The molecule has 2 bridgehead atoms. The normalized spacial score (nSPS) is 49.3. The lowest BCUT2D eigenvalue weighted by Gasteiger charge is -2.58. The van der Waals surface area contributed by atoms with Gasteiger partial charge in [0.05, 0.1) is 0 Å². The summed E-state index contributed by atoms with van der Waals surface area (Å²) in [7, 11) is 2.21. The molecule has 5 rings (SSSR count). The second kappa shape index (κ2) is 3.80. The van der Waals surface area contributed by atoms with Crippen molar-refractivity contribution < 1.29 is 14.9 Å². The molecule has 3 aliphatic carbocycles. The van der Waals surface area contributed by atoms with Gasteiger partial charge in [-0.3, -0.25) is 0 Å². The molecule has 1 spiro atoms. The molecule has 0 unspecified atom stereocenters. The van der Waals surface area contributed by atoms with E-state index in [1.54, 1.807) is 0 Å². The lowest BCUT2D eigenvalue weighted by molar-refractivity contribution is -0.120. The van der Waals surface area contributed by atoms with Gasteiger partial charge in [0.1, 0.15) is 17.5 Å². The number of aliphatic hydroxyl groups excluding tert-OH is 1. The van der Waals surface area contributed by atoms with Crippen LogP contribution in [0.1, 0.15) is 32.6 Å². The van der Waals surface area contributed by atoms with Gasteiger partial charge in [0.15, 0.2) is 5.76 Å². The number of nitrogens with zero attached hydrogens (tertiary/aromatic N) is 1. The van der Waals surface area contributed by atoms with E-state index in [9.17, 15) is 10.2 Å². The van der Waals surface area contributed by atoms with Crippen LogP contribution in [0.15, 0.2) is 34.8 Å². The predicted molar refractivity (Wildman–Crippen MR) is 82.1 cm³/mol. The van der Waals surface area contributed by atoms with E-state index in [1.165, 1.54) is 11.1 Å². The summed E-state index contributed by atoms with van der Waals surface area (Å²) >= 11 is 0.